The van der Waals surface area contributed by atoms with E-state index in [1.807, 2.05) is 31.2 Å². The van der Waals surface area contributed by atoms with Crippen LogP contribution in [-0.2, 0) is 13.0 Å². The maximum absolute atomic E-state index is 5.67. The summed E-state index contributed by atoms with van der Waals surface area (Å²) in [4.78, 5) is 8.71. The Bertz CT molecular complexity index is 681. The molecular weight excluding hydrogens is 320 g/mol. The molecule has 128 valence electrons. The summed E-state index contributed by atoms with van der Waals surface area (Å²) in [5.41, 5.74) is 2.20. The summed E-state index contributed by atoms with van der Waals surface area (Å²) in [6, 6.07) is 7.96. The molecule has 5 nitrogen and oxygen atoms in total. The molecule has 0 bridgehead atoms. The number of hydrogen-bond donors (Lipinski definition) is 2. The minimum Gasteiger partial charge on any atom is -0.489 e. The molecule has 1 heterocycles. The minimum absolute atomic E-state index is 0.497. The summed E-state index contributed by atoms with van der Waals surface area (Å²) in [5.74, 6) is 1.62. The van der Waals surface area contributed by atoms with Crippen LogP contribution in [0.15, 0.2) is 47.3 Å². The summed E-state index contributed by atoms with van der Waals surface area (Å²) >= 11 is 1.68. The van der Waals surface area contributed by atoms with Gasteiger partial charge in [-0.05, 0) is 13.0 Å². The Morgan fingerprint density at radius 1 is 1.38 bits per heavy atom. The molecule has 0 atom stereocenters. The highest BCUT2D eigenvalue weighted by atomic mass is 32.1. The molecule has 0 saturated heterocycles. The van der Waals surface area contributed by atoms with Crippen molar-refractivity contribution in [1.82, 2.24) is 15.6 Å². The van der Waals surface area contributed by atoms with Gasteiger partial charge in [0.2, 0.25) is 0 Å². The number of hydrogen-bond acceptors (Lipinski definition) is 4. The van der Waals surface area contributed by atoms with E-state index < -0.39 is 0 Å². The second-order valence-corrected chi connectivity index (χ2v) is 6.23. The first-order valence-electron chi connectivity index (χ1n) is 7.90. The number of nitrogens with one attached hydrogen (secondary N) is 2. The number of nitrogens with zero attached hydrogens (tertiary/aromatic N) is 2. The highest BCUT2D eigenvalue weighted by molar-refractivity contribution is 7.09. The molecule has 0 saturated carbocycles. The van der Waals surface area contributed by atoms with Crippen molar-refractivity contribution in [2.24, 2.45) is 4.99 Å². The first-order chi connectivity index (χ1) is 11.7. The number of aryl methyl sites for hydroxylation is 1. The molecule has 2 aromatic rings. The topological polar surface area (TPSA) is 58.5 Å². The lowest BCUT2D eigenvalue weighted by Crippen LogP contribution is -2.38. The van der Waals surface area contributed by atoms with E-state index in [9.17, 15) is 0 Å². The summed E-state index contributed by atoms with van der Waals surface area (Å²) in [6.45, 7) is 7.63. The maximum atomic E-state index is 5.67. The normalized spacial score (nSPS) is 11.2. The van der Waals surface area contributed by atoms with Gasteiger partial charge in [0.25, 0.3) is 0 Å². The van der Waals surface area contributed by atoms with E-state index >= 15 is 0 Å². The highest BCUT2D eigenvalue weighted by Crippen LogP contribution is 2.17. The molecule has 0 spiro atoms. The van der Waals surface area contributed by atoms with Crippen molar-refractivity contribution in [2.75, 3.05) is 20.2 Å². The Hall–Kier alpha value is -2.34. The minimum atomic E-state index is 0.497. The van der Waals surface area contributed by atoms with Gasteiger partial charge in [-0.1, -0.05) is 30.9 Å². The Kier molecular flexibility index (Phi) is 7.29. The predicted molar refractivity (Wildman–Crippen MR) is 101 cm³/mol. The highest BCUT2D eigenvalue weighted by Gasteiger charge is 2.04. The van der Waals surface area contributed by atoms with Crippen LogP contribution in [-0.4, -0.2) is 31.1 Å². The van der Waals surface area contributed by atoms with E-state index in [1.165, 1.54) is 0 Å². The fourth-order valence-corrected chi connectivity index (χ4v) is 2.82. The van der Waals surface area contributed by atoms with Gasteiger partial charge in [-0.3, -0.25) is 4.99 Å². The van der Waals surface area contributed by atoms with Crippen molar-refractivity contribution in [2.45, 2.75) is 19.9 Å². The van der Waals surface area contributed by atoms with Crippen LogP contribution in [0, 0.1) is 6.92 Å². The van der Waals surface area contributed by atoms with Crippen molar-refractivity contribution >= 4 is 17.3 Å². The molecule has 24 heavy (non-hydrogen) atoms. The number of benzene rings is 1. The predicted octanol–water partition coefficient (Wildman–Crippen LogP) is 2.92. The van der Waals surface area contributed by atoms with Crippen LogP contribution in [0.4, 0.5) is 0 Å². The molecule has 0 radical (unpaired) electrons. The van der Waals surface area contributed by atoms with Gasteiger partial charge in [-0.25, -0.2) is 4.98 Å². The molecule has 0 aliphatic rings. The van der Waals surface area contributed by atoms with Gasteiger partial charge in [0.15, 0.2) is 5.96 Å². The van der Waals surface area contributed by atoms with Gasteiger partial charge < -0.3 is 15.4 Å². The first kappa shape index (κ1) is 18.0. The maximum Gasteiger partial charge on any atom is 0.191 e. The van der Waals surface area contributed by atoms with Crippen LogP contribution < -0.4 is 15.4 Å². The third-order valence-corrected chi connectivity index (χ3v) is 4.16. The number of para-hydroxylation sites is 1. The second kappa shape index (κ2) is 9.72. The lowest BCUT2D eigenvalue weighted by Gasteiger charge is -2.14. The number of thiazole rings is 1. The Labute approximate surface area is 147 Å². The standard InChI is InChI=1S/C18H24N4OS/c1-4-11-23-17-8-6-5-7-15(17)12-21-18(19-3)20-10-9-16-13-24-14(2)22-16/h4-8,13H,1,9-12H2,2-3H3,(H2,19,20,21). The van der Waals surface area contributed by atoms with Gasteiger partial charge in [0, 0.05) is 37.5 Å². The monoisotopic (exact) mass is 344 g/mol. The fraction of sp³-hybridized carbons (Fsp3) is 0.333. The Balaban J connectivity index is 1.82. The molecular formula is C18H24N4OS. The van der Waals surface area contributed by atoms with E-state index in [4.69, 9.17) is 4.74 Å². The van der Waals surface area contributed by atoms with Crippen molar-refractivity contribution in [3.05, 3.63) is 58.6 Å². The first-order valence-corrected chi connectivity index (χ1v) is 8.78. The summed E-state index contributed by atoms with van der Waals surface area (Å²) < 4.78 is 5.67. The Morgan fingerprint density at radius 3 is 2.92 bits per heavy atom. The van der Waals surface area contributed by atoms with Gasteiger partial charge in [-0.2, -0.15) is 0 Å². The second-order valence-electron chi connectivity index (χ2n) is 5.17. The van der Waals surface area contributed by atoms with E-state index in [-0.39, 0.29) is 0 Å². The van der Waals surface area contributed by atoms with Gasteiger partial charge in [0.1, 0.15) is 12.4 Å². The van der Waals surface area contributed by atoms with Crippen LogP contribution in [0.3, 0.4) is 0 Å². The quantitative estimate of drug-likeness (QED) is 0.439. The van der Waals surface area contributed by atoms with Gasteiger partial charge >= 0.3 is 0 Å². The van der Waals surface area contributed by atoms with E-state index in [2.05, 4.69) is 32.6 Å². The van der Waals surface area contributed by atoms with Crippen LogP contribution in [0.1, 0.15) is 16.3 Å². The van der Waals surface area contributed by atoms with E-state index in [0.29, 0.717) is 13.2 Å². The van der Waals surface area contributed by atoms with E-state index in [0.717, 1.165) is 40.9 Å². The molecule has 1 aromatic heterocycles. The van der Waals surface area contributed by atoms with Crippen molar-refractivity contribution in [1.29, 1.82) is 0 Å². The van der Waals surface area contributed by atoms with Crippen molar-refractivity contribution in [3.8, 4) is 5.75 Å². The molecule has 0 amide bonds. The molecule has 2 N–H and O–H groups in total. The van der Waals surface area contributed by atoms with Crippen molar-refractivity contribution in [3.63, 3.8) is 0 Å². The van der Waals surface area contributed by atoms with Gasteiger partial charge in [-0.15, -0.1) is 11.3 Å². The fourth-order valence-electron chi connectivity index (χ4n) is 2.17. The molecule has 0 unspecified atom stereocenters. The zero-order valence-corrected chi connectivity index (χ0v) is 15.0. The average molecular weight is 344 g/mol. The number of rotatable bonds is 8. The molecule has 6 heteroatoms. The Morgan fingerprint density at radius 2 is 2.21 bits per heavy atom. The SMILES string of the molecule is C=CCOc1ccccc1CNC(=NC)NCCc1csc(C)n1. The molecule has 2 rings (SSSR count). The molecule has 1 aromatic carbocycles. The molecule has 0 aliphatic heterocycles. The van der Waals surface area contributed by atoms with Crippen molar-refractivity contribution < 1.29 is 4.74 Å². The number of ether oxygens (including phenoxy) is 1. The summed E-state index contributed by atoms with van der Waals surface area (Å²) in [5, 5.41) is 9.81. The van der Waals surface area contributed by atoms with Crippen LogP contribution in [0.2, 0.25) is 0 Å². The van der Waals surface area contributed by atoms with E-state index in [1.54, 1.807) is 24.5 Å². The third kappa shape index (κ3) is 5.70. The third-order valence-electron chi connectivity index (χ3n) is 3.34. The zero-order chi connectivity index (χ0) is 17.2. The van der Waals surface area contributed by atoms with Crippen LogP contribution in [0.25, 0.3) is 0 Å². The zero-order valence-electron chi connectivity index (χ0n) is 14.2. The smallest absolute Gasteiger partial charge is 0.191 e. The molecule has 0 aliphatic carbocycles. The van der Waals surface area contributed by atoms with Crippen LogP contribution in [0.5, 0.6) is 5.75 Å². The largest absolute Gasteiger partial charge is 0.489 e. The lowest BCUT2D eigenvalue weighted by atomic mass is 10.2. The lowest BCUT2D eigenvalue weighted by molar-refractivity contribution is 0.358. The average Bonchev–Trinajstić information content (AvgIpc) is 3.02. The van der Waals surface area contributed by atoms with Crippen LogP contribution >= 0.6 is 11.3 Å². The number of guanidine groups is 1. The summed E-state index contributed by atoms with van der Waals surface area (Å²) in [7, 11) is 1.77. The van der Waals surface area contributed by atoms with Gasteiger partial charge in [0.05, 0.1) is 10.7 Å². The molecule has 0 fully saturated rings. The summed E-state index contributed by atoms with van der Waals surface area (Å²) in [6.07, 6.45) is 2.62. The number of aromatic nitrogens is 1. The number of aliphatic imine (C=N–C) groups is 1.